The number of hydrogen-bond donors (Lipinski definition) is 0. The summed E-state index contributed by atoms with van der Waals surface area (Å²) >= 11 is 0. The van der Waals surface area contributed by atoms with Crippen LogP contribution in [-0.4, -0.2) is 18.7 Å². The summed E-state index contributed by atoms with van der Waals surface area (Å²) in [7, 11) is 0. The second-order valence-electron chi connectivity index (χ2n) is 4.87. The number of esters is 1. The lowest BCUT2D eigenvalue weighted by atomic mass is 9.94. The van der Waals surface area contributed by atoms with Crippen molar-refractivity contribution in [2.24, 2.45) is 5.92 Å². The molecule has 0 aromatic heterocycles. The van der Waals surface area contributed by atoms with Gasteiger partial charge in [0.2, 0.25) is 0 Å². The first kappa shape index (κ1) is 13.1. The van der Waals surface area contributed by atoms with Crippen LogP contribution in [0.4, 0.5) is 0 Å². The number of benzene rings is 1. The molecule has 1 saturated heterocycles. The monoisotopic (exact) mass is 248 g/mol. The minimum atomic E-state index is -0.0684. The zero-order chi connectivity index (χ0) is 12.8. The molecule has 0 aliphatic carbocycles. The Hall–Kier alpha value is -1.35. The van der Waals surface area contributed by atoms with Crippen LogP contribution >= 0.6 is 0 Å². The van der Waals surface area contributed by atoms with Crippen molar-refractivity contribution in [3.05, 3.63) is 35.9 Å². The van der Waals surface area contributed by atoms with E-state index in [-0.39, 0.29) is 12.1 Å². The van der Waals surface area contributed by atoms with E-state index in [1.54, 1.807) is 0 Å². The van der Waals surface area contributed by atoms with Crippen molar-refractivity contribution in [2.45, 2.75) is 38.9 Å². The van der Waals surface area contributed by atoms with Gasteiger partial charge in [0.05, 0.1) is 13.2 Å². The average molecular weight is 248 g/mol. The molecule has 0 saturated carbocycles. The van der Waals surface area contributed by atoms with E-state index in [2.05, 4.69) is 6.92 Å². The van der Waals surface area contributed by atoms with E-state index in [0.717, 1.165) is 12.8 Å². The van der Waals surface area contributed by atoms with E-state index in [9.17, 15) is 4.79 Å². The first-order chi connectivity index (χ1) is 8.75. The Kier molecular flexibility index (Phi) is 4.76. The van der Waals surface area contributed by atoms with Crippen LogP contribution in [0.15, 0.2) is 30.3 Å². The molecule has 2 atom stereocenters. The molecule has 0 radical (unpaired) electrons. The summed E-state index contributed by atoms with van der Waals surface area (Å²) in [6.45, 7) is 3.39. The molecular formula is C15H20O3. The average Bonchev–Trinajstić information content (AvgIpc) is 2.40. The predicted octanol–water partition coefficient (Wildman–Crippen LogP) is 2.94. The summed E-state index contributed by atoms with van der Waals surface area (Å²) in [4.78, 5) is 11.2. The third-order valence-electron chi connectivity index (χ3n) is 3.38. The first-order valence-corrected chi connectivity index (χ1v) is 6.57. The predicted molar refractivity (Wildman–Crippen MR) is 69.0 cm³/mol. The third-order valence-corrected chi connectivity index (χ3v) is 3.38. The molecule has 18 heavy (non-hydrogen) atoms. The van der Waals surface area contributed by atoms with Crippen molar-refractivity contribution in [3.8, 4) is 0 Å². The fourth-order valence-corrected chi connectivity index (χ4v) is 2.18. The summed E-state index contributed by atoms with van der Waals surface area (Å²) < 4.78 is 10.9. The first-order valence-electron chi connectivity index (χ1n) is 6.57. The molecule has 0 N–H and O–H groups in total. The fourth-order valence-electron chi connectivity index (χ4n) is 2.18. The van der Waals surface area contributed by atoms with Crippen LogP contribution in [0.1, 0.15) is 31.7 Å². The van der Waals surface area contributed by atoms with Gasteiger partial charge in [0.1, 0.15) is 6.10 Å². The molecule has 1 heterocycles. The molecule has 3 nitrogen and oxygen atoms in total. The van der Waals surface area contributed by atoms with Crippen molar-refractivity contribution in [1.82, 2.24) is 0 Å². The van der Waals surface area contributed by atoms with E-state index >= 15 is 0 Å². The lowest BCUT2D eigenvalue weighted by molar-refractivity contribution is -0.159. The highest BCUT2D eigenvalue weighted by Gasteiger charge is 2.26. The van der Waals surface area contributed by atoms with Crippen LogP contribution in [-0.2, 0) is 20.9 Å². The summed E-state index contributed by atoms with van der Waals surface area (Å²) in [5.74, 6) is 0.379. The van der Waals surface area contributed by atoms with Crippen LogP contribution in [0, 0.1) is 5.92 Å². The Bertz CT molecular complexity index is 375. The zero-order valence-corrected chi connectivity index (χ0v) is 10.8. The number of carbonyl (C=O) groups excluding carboxylic acids is 1. The van der Waals surface area contributed by atoms with Crippen LogP contribution < -0.4 is 0 Å². The number of carbonyl (C=O) groups is 1. The van der Waals surface area contributed by atoms with Crippen molar-refractivity contribution in [2.75, 3.05) is 6.61 Å². The van der Waals surface area contributed by atoms with Crippen LogP contribution in [0.3, 0.4) is 0 Å². The lowest BCUT2D eigenvalue weighted by Crippen LogP contribution is -2.31. The van der Waals surface area contributed by atoms with E-state index in [4.69, 9.17) is 9.47 Å². The standard InChI is InChI=1S/C15H20O3/c1-12-7-8-15(16)18-14(12)9-10-17-11-13-5-3-2-4-6-13/h2-6,12,14H,7-11H2,1H3/t12-,14+/m0/s1. The van der Waals surface area contributed by atoms with Gasteiger partial charge >= 0.3 is 5.97 Å². The molecule has 2 rings (SSSR count). The molecule has 98 valence electrons. The maximum absolute atomic E-state index is 11.2. The third kappa shape index (κ3) is 3.84. The molecule has 0 amide bonds. The van der Waals surface area contributed by atoms with Gasteiger partial charge in [0.15, 0.2) is 0 Å². The van der Waals surface area contributed by atoms with Crippen LogP contribution in [0.5, 0.6) is 0 Å². The highest BCUT2D eigenvalue weighted by molar-refractivity contribution is 5.70. The van der Waals surface area contributed by atoms with Gasteiger partial charge in [0.25, 0.3) is 0 Å². The molecule has 0 bridgehead atoms. The molecule has 0 spiro atoms. The summed E-state index contributed by atoms with van der Waals surface area (Å²) in [5, 5.41) is 0. The molecule has 1 aromatic carbocycles. The summed E-state index contributed by atoms with van der Waals surface area (Å²) in [6.07, 6.45) is 2.31. The SMILES string of the molecule is C[C@H]1CCC(=O)O[C@@H]1CCOCc1ccccc1. The van der Waals surface area contributed by atoms with Crippen LogP contribution in [0.2, 0.25) is 0 Å². The maximum Gasteiger partial charge on any atom is 0.306 e. The van der Waals surface area contributed by atoms with E-state index in [0.29, 0.717) is 25.6 Å². The van der Waals surface area contributed by atoms with Crippen molar-refractivity contribution in [3.63, 3.8) is 0 Å². The van der Waals surface area contributed by atoms with E-state index < -0.39 is 0 Å². The molecule has 1 aromatic rings. The number of hydrogen-bond acceptors (Lipinski definition) is 3. The van der Waals surface area contributed by atoms with Gasteiger partial charge in [-0.25, -0.2) is 0 Å². The quantitative estimate of drug-likeness (QED) is 0.593. The Morgan fingerprint density at radius 3 is 2.89 bits per heavy atom. The highest BCUT2D eigenvalue weighted by Crippen LogP contribution is 2.23. The Balaban J connectivity index is 1.67. The van der Waals surface area contributed by atoms with Crippen molar-refractivity contribution in [1.29, 1.82) is 0 Å². The minimum Gasteiger partial charge on any atom is -0.462 e. The van der Waals surface area contributed by atoms with Gasteiger partial charge in [-0.2, -0.15) is 0 Å². The van der Waals surface area contributed by atoms with Crippen molar-refractivity contribution < 1.29 is 14.3 Å². The Labute approximate surface area is 108 Å². The second kappa shape index (κ2) is 6.55. The lowest BCUT2D eigenvalue weighted by Gasteiger charge is -2.28. The van der Waals surface area contributed by atoms with Gasteiger partial charge in [-0.15, -0.1) is 0 Å². The van der Waals surface area contributed by atoms with Gasteiger partial charge in [-0.1, -0.05) is 37.3 Å². The maximum atomic E-state index is 11.2. The smallest absolute Gasteiger partial charge is 0.306 e. The molecule has 0 unspecified atom stereocenters. The topological polar surface area (TPSA) is 35.5 Å². The van der Waals surface area contributed by atoms with Crippen molar-refractivity contribution >= 4 is 5.97 Å². The molecule has 1 aliphatic rings. The van der Waals surface area contributed by atoms with Crippen LogP contribution in [0.25, 0.3) is 0 Å². The molecular weight excluding hydrogens is 228 g/mol. The normalized spacial score (nSPS) is 23.7. The second-order valence-corrected chi connectivity index (χ2v) is 4.87. The molecule has 1 aliphatic heterocycles. The highest BCUT2D eigenvalue weighted by atomic mass is 16.5. The summed E-state index contributed by atoms with van der Waals surface area (Å²) in [5.41, 5.74) is 1.17. The molecule has 3 heteroatoms. The van der Waals surface area contributed by atoms with E-state index in [1.165, 1.54) is 5.56 Å². The zero-order valence-electron chi connectivity index (χ0n) is 10.8. The summed E-state index contributed by atoms with van der Waals surface area (Å²) in [6, 6.07) is 10.1. The Morgan fingerprint density at radius 2 is 2.11 bits per heavy atom. The fraction of sp³-hybridized carbons (Fsp3) is 0.533. The van der Waals surface area contributed by atoms with E-state index in [1.807, 2.05) is 30.3 Å². The largest absolute Gasteiger partial charge is 0.462 e. The Morgan fingerprint density at radius 1 is 1.33 bits per heavy atom. The van der Waals surface area contributed by atoms with Gasteiger partial charge in [-0.3, -0.25) is 4.79 Å². The van der Waals surface area contributed by atoms with Gasteiger partial charge < -0.3 is 9.47 Å². The minimum absolute atomic E-state index is 0.0297. The number of rotatable bonds is 5. The van der Waals surface area contributed by atoms with Gasteiger partial charge in [0, 0.05) is 12.8 Å². The number of ether oxygens (including phenoxy) is 2. The van der Waals surface area contributed by atoms with Gasteiger partial charge in [-0.05, 0) is 17.9 Å². The molecule has 1 fully saturated rings. The number of cyclic esters (lactones) is 1.